The maximum absolute atomic E-state index is 13.6. The second-order valence-electron chi connectivity index (χ2n) is 5.90. The molecule has 0 aliphatic heterocycles. The second kappa shape index (κ2) is 8.16. The Morgan fingerprint density at radius 2 is 2.24 bits per heavy atom. The lowest BCUT2D eigenvalue weighted by molar-refractivity contribution is 0.122. The summed E-state index contributed by atoms with van der Waals surface area (Å²) in [6.45, 7) is 3.32. The molecule has 2 rings (SSSR count). The molecule has 0 aromatic heterocycles. The van der Waals surface area contributed by atoms with E-state index in [2.05, 4.69) is 12.2 Å². The monoisotopic (exact) mass is 311 g/mol. The average Bonchev–Trinajstić information content (AvgIpc) is 2.90. The van der Waals surface area contributed by atoms with E-state index in [1.165, 1.54) is 12.5 Å². The van der Waals surface area contributed by atoms with Gasteiger partial charge in [-0.05, 0) is 56.0 Å². The summed E-state index contributed by atoms with van der Waals surface area (Å²) in [6, 6.07) is 6.95. The van der Waals surface area contributed by atoms with Crippen LogP contribution < -0.4 is 5.32 Å². The molecule has 118 valence electrons. The van der Waals surface area contributed by atoms with E-state index >= 15 is 0 Å². The minimum atomic E-state index is -0.133. The minimum Gasteiger partial charge on any atom is -0.394 e. The molecular weight excluding hydrogens is 285 g/mol. The zero-order valence-corrected chi connectivity index (χ0v) is 13.6. The molecular formula is C17H26FNOS. The Morgan fingerprint density at radius 3 is 2.95 bits per heavy atom. The fourth-order valence-corrected chi connectivity index (χ4v) is 4.31. The average molecular weight is 311 g/mol. The zero-order valence-electron chi connectivity index (χ0n) is 12.8. The highest BCUT2D eigenvalue weighted by Crippen LogP contribution is 2.39. The fourth-order valence-electron chi connectivity index (χ4n) is 3.31. The van der Waals surface area contributed by atoms with Crippen molar-refractivity contribution in [2.45, 2.75) is 49.5 Å². The molecule has 0 bridgehead atoms. The van der Waals surface area contributed by atoms with Crippen molar-refractivity contribution in [1.29, 1.82) is 0 Å². The van der Waals surface area contributed by atoms with Crippen molar-refractivity contribution in [3.63, 3.8) is 0 Å². The number of nitrogens with one attached hydrogen (secondary N) is 1. The van der Waals surface area contributed by atoms with E-state index in [1.54, 1.807) is 17.8 Å². The van der Waals surface area contributed by atoms with Crippen LogP contribution in [0.2, 0.25) is 0 Å². The van der Waals surface area contributed by atoms with E-state index in [-0.39, 0.29) is 18.0 Å². The number of aliphatic hydroxyl groups is 1. The second-order valence-corrected chi connectivity index (χ2v) is 7.03. The van der Waals surface area contributed by atoms with E-state index in [1.807, 2.05) is 12.1 Å². The van der Waals surface area contributed by atoms with Gasteiger partial charge in [0.15, 0.2) is 0 Å². The minimum absolute atomic E-state index is 0.105. The molecule has 1 aromatic rings. The van der Waals surface area contributed by atoms with Crippen LogP contribution in [0.4, 0.5) is 4.39 Å². The standard InChI is InChI=1S/C17H26FNOS/c1-2-11-19-17(13-20)10-5-6-14(17)9-12-21-16-8-4-3-7-15(16)18/h3-4,7-8,14,19-20H,2,5-6,9-13H2,1H3. The summed E-state index contributed by atoms with van der Waals surface area (Å²) in [5, 5.41) is 13.4. The van der Waals surface area contributed by atoms with E-state index in [4.69, 9.17) is 0 Å². The number of hydrogen-bond donors (Lipinski definition) is 2. The summed E-state index contributed by atoms with van der Waals surface area (Å²) in [4.78, 5) is 0.728. The summed E-state index contributed by atoms with van der Waals surface area (Å²) >= 11 is 1.58. The first kappa shape index (κ1) is 16.8. The number of hydrogen-bond acceptors (Lipinski definition) is 3. The van der Waals surface area contributed by atoms with Gasteiger partial charge in [0.05, 0.1) is 6.61 Å². The number of rotatable bonds is 8. The molecule has 0 saturated heterocycles. The molecule has 1 aromatic carbocycles. The van der Waals surface area contributed by atoms with Crippen LogP contribution in [-0.2, 0) is 0 Å². The molecule has 0 amide bonds. The Morgan fingerprint density at radius 1 is 1.43 bits per heavy atom. The number of benzene rings is 1. The van der Waals surface area contributed by atoms with Crippen LogP contribution >= 0.6 is 11.8 Å². The molecule has 2 unspecified atom stereocenters. The van der Waals surface area contributed by atoms with Crippen molar-refractivity contribution in [2.24, 2.45) is 5.92 Å². The third-order valence-electron chi connectivity index (χ3n) is 4.53. The Balaban J connectivity index is 1.88. The Labute approximate surface area is 131 Å². The van der Waals surface area contributed by atoms with Gasteiger partial charge >= 0.3 is 0 Å². The molecule has 0 spiro atoms. The summed E-state index contributed by atoms with van der Waals surface area (Å²) in [7, 11) is 0. The van der Waals surface area contributed by atoms with Crippen LogP contribution in [0.25, 0.3) is 0 Å². The van der Waals surface area contributed by atoms with Crippen LogP contribution in [0.3, 0.4) is 0 Å². The topological polar surface area (TPSA) is 32.3 Å². The van der Waals surface area contributed by atoms with Crippen LogP contribution in [-0.4, -0.2) is 29.5 Å². The highest BCUT2D eigenvalue weighted by atomic mass is 32.2. The Hall–Kier alpha value is -0.580. The summed E-state index contributed by atoms with van der Waals surface area (Å²) < 4.78 is 13.6. The molecule has 2 nitrogen and oxygen atoms in total. The summed E-state index contributed by atoms with van der Waals surface area (Å²) in [5.41, 5.74) is -0.105. The maximum atomic E-state index is 13.6. The molecule has 2 atom stereocenters. The molecule has 21 heavy (non-hydrogen) atoms. The van der Waals surface area contributed by atoms with E-state index in [0.29, 0.717) is 5.92 Å². The highest BCUT2D eigenvalue weighted by molar-refractivity contribution is 7.99. The highest BCUT2D eigenvalue weighted by Gasteiger charge is 2.41. The number of aliphatic hydroxyl groups excluding tert-OH is 1. The normalized spacial score (nSPS) is 25.4. The fraction of sp³-hybridized carbons (Fsp3) is 0.647. The van der Waals surface area contributed by atoms with Crippen LogP contribution in [0, 0.1) is 11.7 Å². The van der Waals surface area contributed by atoms with Gasteiger partial charge in [0.25, 0.3) is 0 Å². The predicted molar refractivity (Wildman–Crippen MR) is 87.2 cm³/mol. The number of halogens is 1. The molecule has 4 heteroatoms. The molecule has 1 saturated carbocycles. The molecule has 1 aliphatic rings. The zero-order chi connectivity index (χ0) is 15.1. The van der Waals surface area contributed by atoms with Crippen molar-refractivity contribution in [3.8, 4) is 0 Å². The number of thioether (sulfide) groups is 1. The van der Waals surface area contributed by atoms with Crippen LogP contribution in [0.5, 0.6) is 0 Å². The third-order valence-corrected chi connectivity index (χ3v) is 5.61. The van der Waals surface area contributed by atoms with Gasteiger partial charge in [-0.15, -0.1) is 11.8 Å². The summed E-state index contributed by atoms with van der Waals surface area (Å²) in [5.74, 6) is 1.26. The van der Waals surface area contributed by atoms with Gasteiger partial charge in [0.1, 0.15) is 5.82 Å². The van der Waals surface area contributed by atoms with Crippen molar-refractivity contribution in [1.82, 2.24) is 5.32 Å². The van der Waals surface area contributed by atoms with Crippen molar-refractivity contribution in [3.05, 3.63) is 30.1 Å². The maximum Gasteiger partial charge on any atom is 0.136 e. The lowest BCUT2D eigenvalue weighted by Gasteiger charge is -2.35. The van der Waals surface area contributed by atoms with Gasteiger partial charge in [-0.25, -0.2) is 4.39 Å². The van der Waals surface area contributed by atoms with Crippen LogP contribution in [0.1, 0.15) is 39.0 Å². The van der Waals surface area contributed by atoms with Crippen molar-refractivity contribution in [2.75, 3.05) is 18.9 Å². The van der Waals surface area contributed by atoms with Gasteiger partial charge in [-0.2, -0.15) is 0 Å². The van der Waals surface area contributed by atoms with Gasteiger partial charge in [-0.3, -0.25) is 0 Å². The quantitative estimate of drug-likeness (QED) is 0.716. The Kier molecular flexibility index (Phi) is 6.52. The first-order valence-electron chi connectivity index (χ1n) is 7.95. The van der Waals surface area contributed by atoms with Gasteiger partial charge in [0.2, 0.25) is 0 Å². The van der Waals surface area contributed by atoms with E-state index < -0.39 is 0 Å². The van der Waals surface area contributed by atoms with E-state index in [9.17, 15) is 9.50 Å². The molecule has 0 heterocycles. The SMILES string of the molecule is CCCNC1(CO)CCCC1CCSc1ccccc1F. The van der Waals surface area contributed by atoms with E-state index in [0.717, 1.165) is 42.9 Å². The molecule has 1 aliphatic carbocycles. The van der Waals surface area contributed by atoms with Gasteiger partial charge in [-0.1, -0.05) is 25.5 Å². The first-order chi connectivity index (χ1) is 10.2. The first-order valence-corrected chi connectivity index (χ1v) is 8.93. The van der Waals surface area contributed by atoms with Crippen molar-refractivity contribution >= 4 is 11.8 Å². The molecule has 1 fully saturated rings. The van der Waals surface area contributed by atoms with Gasteiger partial charge < -0.3 is 10.4 Å². The van der Waals surface area contributed by atoms with Gasteiger partial charge in [0, 0.05) is 10.4 Å². The Bertz CT molecular complexity index is 443. The molecule has 0 radical (unpaired) electrons. The van der Waals surface area contributed by atoms with Crippen molar-refractivity contribution < 1.29 is 9.50 Å². The third kappa shape index (κ3) is 4.21. The summed E-state index contributed by atoms with van der Waals surface area (Å²) in [6.07, 6.45) is 5.49. The lowest BCUT2D eigenvalue weighted by atomic mass is 9.85. The predicted octanol–water partition coefficient (Wildman–Crippen LogP) is 3.84. The lowest BCUT2D eigenvalue weighted by Crippen LogP contribution is -2.51. The molecule has 2 N–H and O–H groups in total. The largest absolute Gasteiger partial charge is 0.394 e. The van der Waals surface area contributed by atoms with Crippen LogP contribution in [0.15, 0.2) is 29.2 Å². The smallest absolute Gasteiger partial charge is 0.136 e.